The highest BCUT2D eigenvalue weighted by Gasteiger charge is 2.28. The number of hydrogen-bond acceptors (Lipinski definition) is 5. The maximum atomic E-state index is 11.6. The Balaban J connectivity index is 1.69. The van der Waals surface area contributed by atoms with Gasteiger partial charge in [0.1, 0.15) is 0 Å². The number of piperazine rings is 1. The van der Waals surface area contributed by atoms with Crippen molar-refractivity contribution in [2.45, 2.75) is 30.7 Å². The van der Waals surface area contributed by atoms with Crippen LogP contribution in [0.1, 0.15) is 18.9 Å². The van der Waals surface area contributed by atoms with E-state index in [1.54, 1.807) is 19.1 Å². The van der Waals surface area contributed by atoms with Crippen LogP contribution in [-0.4, -0.2) is 69.9 Å². The number of nitrogens with zero attached hydrogens (tertiary/aromatic N) is 3. The molecule has 2 heterocycles. The topological polar surface area (TPSA) is 87.0 Å². The second-order valence-corrected chi connectivity index (χ2v) is 8.51. The highest BCUT2D eigenvalue weighted by Crippen LogP contribution is 2.31. The molecule has 25 heavy (non-hydrogen) atoms. The van der Waals surface area contributed by atoms with E-state index in [0.29, 0.717) is 6.04 Å². The van der Waals surface area contributed by atoms with Crippen molar-refractivity contribution in [1.82, 2.24) is 9.80 Å². The summed E-state index contributed by atoms with van der Waals surface area (Å²) in [5.41, 5.74) is 2.11. The Morgan fingerprint density at radius 2 is 1.92 bits per heavy atom. The summed E-state index contributed by atoms with van der Waals surface area (Å²) in [5.74, 6) is 0.138. The number of likely N-dealkylation sites (N-methyl/N-ethyl adjacent to an activating group) is 1. The van der Waals surface area contributed by atoms with Crippen molar-refractivity contribution in [3.05, 3.63) is 23.8 Å². The highest BCUT2D eigenvalue weighted by atomic mass is 32.2. The van der Waals surface area contributed by atoms with Crippen molar-refractivity contribution < 1.29 is 13.2 Å². The third kappa shape index (κ3) is 3.96. The fraction of sp³-hybridized carbons (Fsp3) is 0.588. The normalized spacial score (nSPS) is 22.0. The number of hydrogen-bond donors (Lipinski definition) is 1. The first-order chi connectivity index (χ1) is 11.8. The van der Waals surface area contributed by atoms with Crippen LogP contribution in [0.25, 0.3) is 0 Å². The summed E-state index contributed by atoms with van der Waals surface area (Å²) in [7, 11) is -1.68. The molecule has 1 saturated heterocycles. The van der Waals surface area contributed by atoms with Gasteiger partial charge in [-0.05, 0) is 30.5 Å². The molecule has 2 N–H and O–H groups in total. The molecule has 2 aliphatic heterocycles. The zero-order chi connectivity index (χ0) is 18.2. The predicted octanol–water partition coefficient (Wildman–Crippen LogP) is 0.249. The van der Waals surface area contributed by atoms with Gasteiger partial charge in [-0.1, -0.05) is 6.07 Å². The van der Waals surface area contributed by atoms with Gasteiger partial charge in [0, 0.05) is 58.4 Å². The molecule has 0 aromatic heterocycles. The number of anilines is 1. The zero-order valence-electron chi connectivity index (χ0n) is 14.8. The van der Waals surface area contributed by atoms with Crippen LogP contribution < -0.4 is 10.0 Å². The fourth-order valence-electron chi connectivity index (χ4n) is 3.73. The Kier molecular flexibility index (Phi) is 5.04. The first-order valence-electron chi connectivity index (χ1n) is 8.62. The number of aryl methyl sites for hydroxylation is 1. The summed E-state index contributed by atoms with van der Waals surface area (Å²) < 4.78 is 23.3. The van der Waals surface area contributed by atoms with Gasteiger partial charge in [-0.25, -0.2) is 13.6 Å². The van der Waals surface area contributed by atoms with E-state index in [-0.39, 0.29) is 10.8 Å². The van der Waals surface area contributed by atoms with Crippen molar-refractivity contribution >= 4 is 21.6 Å². The van der Waals surface area contributed by atoms with Gasteiger partial charge in [-0.15, -0.1) is 0 Å². The minimum atomic E-state index is -3.69. The molecule has 0 bridgehead atoms. The number of benzene rings is 1. The lowest BCUT2D eigenvalue weighted by molar-refractivity contribution is -0.130. The summed E-state index contributed by atoms with van der Waals surface area (Å²) in [6.07, 6.45) is 1.97. The van der Waals surface area contributed by atoms with E-state index in [9.17, 15) is 13.2 Å². The van der Waals surface area contributed by atoms with E-state index in [1.165, 1.54) is 0 Å². The Bertz CT molecular complexity index is 757. The summed E-state index contributed by atoms with van der Waals surface area (Å²) in [6, 6.07) is 5.47. The number of carbonyl (C=O) groups is 1. The van der Waals surface area contributed by atoms with Gasteiger partial charge in [0.05, 0.1) is 4.90 Å². The Hall–Kier alpha value is -1.64. The first kappa shape index (κ1) is 18.2. The maximum absolute atomic E-state index is 11.6. The van der Waals surface area contributed by atoms with Gasteiger partial charge in [0.25, 0.3) is 0 Å². The molecule has 0 aliphatic carbocycles. The summed E-state index contributed by atoms with van der Waals surface area (Å²) in [4.78, 5) is 18.0. The Labute approximate surface area is 149 Å². The van der Waals surface area contributed by atoms with Gasteiger partial charge in [0.2, 0.25) is 15.9 Å². The maximum Gasteiger partial charge on any atom is 0.238 e. The average Bonchev–Trinajstić information content (AvgIpc) is 2.57. The zero-order valence-corrected chi connectivity index (χ0v) is 15.6. The lowest BCUT2D eigenvalue weighted by atomic mass is 9.96. The van der Waals surface area contributed by atoms with Crippen LogP contribution in [0.4, 0.5) is 5.69 Å². The van der Waals surface area contributed by atoms with Crippen LogP contribution >= 0.6 is 0 Å². The smallest absolute Gasteiger partial charge is 0.238 e. The van der Waals surface area contributed by atoms with Gasteiger partial charge < -0.3 is 9.80 Å². The van der Waals surface area contributed by atoms with Crippen molar-refractivity contribution in [3.63, 3.8) is 0 Å². The van der Waals surface area contributed by atoms with Gasteiger partial charge in [0.15, 0.2) is 0 Å². The van der Waals surface area contributed by atoms with Crippen LogP contribution in [0.3, 0.4) is 0 Å². The van der Waals surface area contributed by atoms with Crippen molar-refractivity contribution in [2.75, 3.05) is 44.7 Å². The fourth-order valence-corrected chi connectivity index (χ4v) is 4.26. The van der Waals surface area contributed by atoms with E-state index in [2.05, 4.69) is 9.80 Å². The molecule has 8 heteroatoms. The average molecular weight is 366 g/mol. The highest BCUT2D eigenvalue weighted by molar-refractivity contribution is 7.89. The molecular weight excluding hydrogens is 340 g/mol. The van der Waals surface area contributed by atoms with E-state index >= 15 is 0 Å². The third-order valence-corrected chi connectivity index (χ3v) is 6.26. The molecule has 1 aromatic carbocycles. The number of rotatable bonds is 3. The lowest BCUT2D eigenvalue weighted by Gasteiger charge is -2.41. The molecule has 0 radical (unpaired) electrons. The van der Waals surface area contributed by atoms with Crippen LogP contribution in [-0.2, 0) is 21.2 Å². The minimum absolute atomic E-state index is 0.138. The molecule has 7 nitrogen and oxygen atoms in total. The molecular formula is C17H26N4O3S. The first-order valence-corrected chi connectivity index (χ1v) is 10.2. The largest absolute Gasteiger partial charge is 0.370 e. The van der Waals surface area contributed by atoms with Crippen LogP contribution in [0, 0.1) is 0 Å². The predicted molar refractivity (Wildman–Crippen MR) is 97.0 cm³/mol. The number of carbonyl (C=O) groups excluding carboxylic acids is 1. The molecule has 2 aliphatic rings. The molecule has 1 amide bonds. The molecule has 138 valence electrons. The number of fused-ring (bicyclic) bond motifs is 1. The van der Waals surface area contributed by atoms with Crippen molar-refractivity contribution in [3.8, 4) is 0 Å². The Morgan fingerprint density at radius 1 is 1.24 bits per heavy atom. The van der Waals surface area contributed by atoms with Crippen LogP contribution in [0.5, 0.6) is 0 Å². The Morgan fingerprint density at radius 3 is 2.52 bits per heavy atom. The number of amides is 1. The van der Waals surface area contributed by atoms with Gasteiger partial charge >= 0.3 is 0 Å². The second-order valence-electron chi connectivity index (χ2n) is 6.95. The standard InChI is InChI=1S/C17H26N4O3S/c1-13(22)21-9-7-20(8-10-21)12-15-5-3-14-4-6-16(25(18,23)24)11-17(14)19(15)2/h4,6,11,15H,3,5,7-10,12H2,1-2H3,(H2,18,23,24). The van der Waals surface area contributed by atoms with E-state index < -0.39 is 10.0 Å². The summed E-state index contributed by atoms with van der Waals surface area (Å²) >= 11 is 0. The molecule has 1 fully saturated rings. The van der Waals surface area contributed by atoms with Crippen LogP contribution in [0.2, 0.25) is 0 Å². The molecule has 3 rings (SSSR count). The molecule has 1 aromatic rings. The monoisotopic (exact) mass is 366 g/mol. The minimum Gasteiger partial charge on any atom is -0.370 e. The van der Waals surface area contributed by atoms with Crippen molar-refractivity contribution in [1.29, 1.82) is 0 Å². The second kappa shape index (κ2) is 6.93. The number of primary sulfonamides is 1. The van der Waals surface area contributed by atoms with E-state index in [4.69, 9.17) is 5.14 Å². The summed E-state index contributed by atoms with van der Waals surface area (Å²) in [6.45, 7) is 5.85. The van der Waals surface area contributed by atoms with Crippen LogP contribution in [0.15, 0.2) is 23.1 Å². The van der Waals surface area contributed by atoms with Crippen molar-refractivity contribution in [2.24, 2.45) is 5.14 Å². The quantitative estimate of drug-likeness (QED) is 0.829. The van der Waals surface area contributed by atoms with Gasteiger partial charge in [-0.2, -0.15) is 0 Å². The van der Waals surface area contributed by atoms with E-state index in [0.717, 1.165) is 56.8 Å². The third-order valence-electron chi connectivity index (χ3n) is 5.35. The number of nitrogens with two attached hydrogens (primary N) is 1. The lowest BCUT2D eigenvalue weighted by Crippen LogP contribution is -2.52. The van der Waals surface area contributed by atoms with E-state index in [1.807, 2.05) is 18.0 Å². The number of sulfonamides is 1. The molecule has 0 spiro atoms. The van der Waals surface area contributed by atoms with Gasteiger partial charge in [-0.3, -0.25) is 9.69 Å². The molecule has 0 saturated carbocycles. The molecule has 1 unspecified atom stereocenters. The molecule has 1 atom stereocenters. The summed E-state index contributed by atoms with van der Waals surface area (Å²) in [5, 5.41) is 5.27. The SMILES string of the molecule is CC(=O)N1CCN(CC2CCc3ccc(S(N)(=O)=O)cc3N2C)CC1.